The summed E-state index contributed by atoms with van der Waals surface area (Å²) in [5, 5.41) is 16.6. The van der Waals surface area contributed by atoms with E-state index in [1.54, 1.807) is 6.92 Å². The molecule has 1 aromatic carbocycles. The standard InChI is InChI=1S/C10H14.C8H16O3.C5H10O2/c1-3-9(2)10-7-5-4-6-8-10;1-4-8(2,3)7(10)11-6-5-9;1-3-4(2)5(6)7/h4-9H,3H2,1-2H3;9H,4-6H2,1-3H3;4H,3H2,1-2H3,(H,6,7). The van der Waals surface area contributed by atoms with Gasteiger partial charge in [-0.1, -0.05) is 65.0 Å². The monoisotopic (exact) mass is 396 g/mol. The van der Waals surface area contributed by atoms with E-state index in [1.807, 2.05) is 27.7 Å². The zero-order valence-corrected chi connectivity index (χ0v) is 18.7. The van der Waals surface area contributed by atoms with E-state index >= 15 is 0 Å². The number of ether oxygens (including phenoxy) is 1. The summed E-state index contributed by atoms with van der Waals surface area (Å²) in [6, 6.07) is 10.6. The highest BCUT2D eigenvalue weighted by Gasteiger charge is 2.26. The van der Waals surface area contributed by atoms with Crippen LogP contribution >= 0.6 is 0 Å². The predicted molar refractivity (Wildman–Crippen MR) is 114 cm³/mol. The van der Waals surface area contributed by atoms with Crippen LogP contribution in [0, 0.1) is 11.3 Å². The predicted octanol–water partition coefficient (Wildman–Crippen LogP) is 5.28. The Labute approximate surface area is 171 Å². The van der Waals surface area contributed by atoms with Crippen LogP contribution in [0.3, 0.4) is 0 Å². The van der Waals surface area contributed by atoms with Crippen LogP contribution in [0.2, 0.25) is 0 Å². The van der Waals surface area contributed by atoms with Crippen LogP contribution < -0.4 is 0 Å². The first-order valence-corrected chi connectivity index (χ1v) is 10.1. The van der Waals surface area contributed by atoms with Crippen LogP contribution in [0.1, 0.15) is 79.2 Å². The molecule has 2 unspecified atom stereocenters. The summed E-state index contributed by atoms with van der Waals surface area (Å²) in [4.78, 5) is 21.1. The number of hydrogen-bond acceptors (Lipinski definition) is 4. The van der Waals surface area contributed by atoms with Gasteiger partial charge in [-0.3, -0.25) is 9.59 Å². The minimum absolute atomic E-state index is 0.0995. The molecule has 2 N–H and O–H groups in total. The molecule has 0 aliphatic heterocycles. The Morgan fingerprint density at radius 3 is 1.89 bits per heavy atom. The topological polar surface area (TPSA) is 83.8 Å². The summed E-state index contributed by atoms with van der Waals surface area (Å²) in [5.74, 6) is -0.419. The third kappa shape index (κ3) is 13.3. The van der Waals surface area contributed by atoms with Gasteiger partial charge >= 0.3 is 11.9 Å². The van der Waals surface area contributed by atoms with Crippen molar-refractivity contribution in [1.29, 1.82) is 0 Å². The Bertz CT molecular complexity index is 525. The molecule has 2 atom stereocenters. The first-order chi connectivity index (χ1) is 13.1. The Morgan fingerprint density at radius 1 is 1.04 bits per heavy atom. The molecule has 0 heterocycles. The fourth-order valence-electron chi connectivity index (χ4n) is 1.67. The maximum Gasteiger partial charge on any atom is 0.311 e. The molecule has 0 radical (unpaired) electrons. The van der Waals surface area contributed by atoms with Crippen LogP contribution in [0.4, 0.5) is 0 Å². The maximum absolute atomic E-state index is 11.1. The van der Waals surface area contributed by atoms with Gasteiger partial charge in [-0.25, -0.2) is 0 Å². The zero-order valence-electron chi connectivity index (χ0n) is 18.7. The summed E-state index contributed by atoms with van der Waals surface area (Å²) < 4.78 is 4.76. The lowest BCUT2D eigenvalue weighted by atomic mass is 9.91. The molecular weight excluding hydrogens is 356 g/mol. The molecule has 5 nitrogen and oxygen atoms in total. The molecule has 0 fully saturated rings. The number of rotatable bonds is 8. The fraction of sp³-hybridized carbons (Fsp3) is 0.652. The quantitative estimate of drug-likeness (QED) is 0.584. The van der Waals surface area contributed by atoms with Gasteiger partial charge in [-0.05, 0) is 44.6 Å². The number of carboxylic acid groups (broad SMARTS) is 1. The van der Waals surface area contributed by atoms with E-state index in [1.165, 1.54) is 12.0 Å². The normalized spacial score (nSPS) is 12.4. The SMILES string of the molecule is CCC(C)(C)C(=O)OCCO.CCC(C)C(=O)O.CCC(C)c1ccccc1. The Morgan fingerprint density at radius 2 is 1.57 bits per heavy atom. The van der Waals surface area contributed by atoms with E-state index in [4.69, 9.17) is 14.9 Å². The van der Waals surface area contributed by atoms with Crippen molar-refractivity contribution >= 4 is 11.9 Å². The molecule has 0 bridgehead atoms. The molecule has 5 heteroatoms. The van der Waals surface area contributed by atoms with Crippen LogP contribution in [-0.4, -0.2) is 35.4 Å². The zero-order chi connectivity index (χ0) is 22.2. The van der Waals surface area contributed by atoms with Crippen LogP contribution in [0.25, 0.3) is 0 Å². The molecule has 1 aromatic rings. The lowest BCUT2D eigenvalue weighted by Gasteiger charge is -2.19. The molecule has 0 saturated heterocycles. The number of carbonyl (C=O) groups is 2. The van der Waals surface area contributed by atoms with E-state index in [-0.39, 0.29) is 25.1 Å². The molecular formula is C23H40O5. The smallest absolute Gasteiger partial charge is 0.311 e. The number of hydrogen-bond donors (Lipinski definition) is 2. The Balaban J connectivity index is 0. The second kappa shape index (κ2) is 16.1. The number of carboxylic acids is 1. The molecule has 0 aliphatic rings. The number of benzene rings is 1. The Hall–Kier alpha value is -1.88. The average molecular weight is 397 g/mol. The van der Waals surface area contributed by atoms with Crippen molar-refractivity contribution in [1.82, 2.24) is 0 Å². The highest BCUT2D eigenvalue weighted by molar-refractivity contribution is 5.75. The van der Waals surface area contributed by atoms with Gasteiger partial charge in [0.1, 0.15) is 6.61 Å². The van der Waals surface area contributed by atoms with Crippen molar-refractivity contribution < 1.29 is 24.5 Å². The Kier molecular flexibility index (Phi) is 16.3. The molecule has 0 amide bonds. The van der Waals surface area contributed by atoms with Crippen molar-refractivity contribution in [2.75, 3.05) is 13.2 Å². The third-order valence-corrected chi connectivity index (χ3v) is 4.78. The third-order valence-electron chi connectivity index (χ3n) is 4.78. The van der Waals surface area contributed by atoms with Gasteiger partial charge in [0.05, 0.1) is 17.9 Å². The van der Waals surface area contributed by atoms with Crippen molar-refractivity contribution in [2.45, 2.75) is 73.6 Å². The molecule has 0 aromatic heterocycles. The second-order valence-corrected chi connectivity index (χ2v) is 7.46. The van der Waals surface area contributed by atoms with Gasteiger partial charge in [0.25, 0.3) is 0 Å². The number of aliphatic hydroxyl groups excluding tert-OH is 1. The lowest BCUT2D eigenvalue weighted by Crippen LogP contribution is -2.26. The first kappa shape index (κ1) is 28.3. The maximum atomic E-state index is 11.1. The van der Waals surface area contributed by atoms with E-state index in [2.05, 4.69) is 44.2 Å². The lowest BCUT2D eigenvalue weighted by molar-refractivity contribution is -0.155. The number of carbonyl (C=O) groups excluding carboxylic acids is 1. The van der Waals surface area contributed by atoms with E-state index in [0.29, 0.717) is 5.92 Å². The molecule has 0 saturated carbocycles. The van der Waals surface area contributed by atoms with Crippen molar-refractivity contribution in [3.05, 3.63) is 35.9 Å². The van der Waals surface area contributed by atoms with Gasteiger partial charge in [0, 0.05) is 0 Å². The average Bonchev–Trinajstić information content (AvgIpc) is 2.72. The van der Waals surface area contributed by atoms with Crippen molar-refractivity contribution in [3.63, 3.8) is 0 Å². The second-order valence-electron chi connectivity index (χ2n) is 7.46. The molecule has 28 heavy (non-hydrogen) atoms. The molecule has 162 valence electrons. The first-order valence-electron chi connectivity index (χ1n) is 10.1. The molecule has 1 rings (SSSR count). The summed E-state index contributed by atoms with van der Waals surface area (Å²) in [6.45, 7) is 13.6. The van der Waals surface area contributed by atoms with Gasteiger partial charge in [-0.15, -0.1) is 0 Å². The van der Waals surface area contributed by atoms with Gasteiger partial charge < -0.3 is 14.9 Å². The van der Waals surface area contributed by atoms with Crippen LogP contribution in [0.5, 0.6) is 0 Å². The van der Waals surface area contributed by atoms with Gasteiger partial charge in [0.15, 0.2) is 0 Å². The van der Waals surface area contributed by atoms with Crippen LogP contribution in [0.15, 0.2) is 30.3 Å². The highest BCUT2D eigenvalue weighted by Crippen LogP contribution is 2.21. The number of aliphatic carboxylic acids is 1. The van der Waals surface area contributed by atoms with E-state index in [0.717, 1.165) is 12.8 Å². The summed E-state index contributed by atoms with van der Waals surface area (Å²) in [6.07, 6.45) is 2.69. The number of esters is 1. The van der Waals surface area contributed by atoms with Gasteiger partial charge in [0.2, 0.25) is 0 Å². The summed E-state index contributed by atoms with van der Waals surface area (Å²) >= 11 is 0. The molecule has 0 spiro atoms. The minimum Gasteiger partial charge on any atom is -0.481 e. The number of aliphatic hydroxyl groups is 1. The van der Waals surface area contributed by atoms with Crippen molar-refractivity contribution in [2.24, 2.45) is 11.3 Å². The van der Waals surface area contributed by atoms with Crippen molar-refractivity contribution in [3.8, 4) is 0 Å². The fourth-order valence-corrected chi connectivity index (χ4v) is 1.67. The summed E-state index contributed by atoms with van der Waals surface area (Å²) in [5.41, 5.74) is 1.03. The highest BCUT2D eigenvalue weighted by atomic mass is 16.5. The molecule has 0 aliphatic carbocycles. The van der Waals surface area contributed by atoms with Crippen LogP contribution in [-0.2, 0) is 14.3 Å². The summed E-state index contributed by atoms with van der Waals surface area (Å²) in [7, 11) is 0. The van der Waals surface area contributed by atoms with E-state index < -0.39 is 11.4 Å². The van der Waals surface area contributed by atoms with E-state index in [9.17, 15) is 9.59 Å². The van der Waals surface area contributed by atoms with Gasteiger partial charge in [-0.2, -0.15) is 0 Å². The largest absolute Gasteiger partial charge is 0.481 e. The minimum atomic E-state index is -0.706.